The monoisotopic (exact) mass is 288 g/mol. The van der Waals surface area contributed by atoms with Crippen molar-refractivity contribution in [2.45, 2.75) is 52.6 Å². The Balaban J connectivity index is 1.91. The third-order valence-corrected chi connectivity index (χ3v) is 4.26. The Morgan fingerprint density at radius 3 is 2.40 bits per heavy atom. The Kier molecular flexibility index (Phi) is 4.95. The fraction of sp³-hybridized carbons (Fsp3) is 0.471. The lowest BCUT2D eigenvalue weighted by Gasteiger charge is -2.14. The molecule has 0 aliphatic heterocycles. The molecule has 0 aliphatic rings. The van der Waals surface area contributed by atoms with Gasteiger partial charge in [0.15, 0.2) is 0 Å². The minimum atomic E-state index is 0.142. The van der Waals surface area contributed by atoms with Gasteiger partial charge in [-0.1, -0.05) is 52.0 Å². The van der Waals surface area contributed by atoms with Crippen molar-refractivity contribution in [1.82, 2.24) is 10.3 Å². The third-order valence-electron chi connectivity index (χ3n) is 3.41. The van der Waals surface area contributed by atoms with E-state index in [2.05, 4.69) is 62.7 Å². The fourth-order valence-corrected chi connectivity index (χ4v) is 3.11. The highest BCUT2D eigenvalue weighted by Crippen LogP contribution is 2.23. The lowest BCUT2D eigenvalue weighted by molar-refractivity contribution is 0.568. The molecule has 3 heteroatoms. The number of aromatic nitrogens is 1. The Morgan fingerprint density at radius 2 is 1.80 bits per heavy atom. The van der Waals surface area contributed by atoms with Crippen molar-refractivity contribution in [2.24, 2.45) is 0 Å². The van der Waals surface area contributed by atoms with Crippen LogP contribution in [-0.4, -0.2) is 4.98 Å². The molecule has 0 spiro atoms. The van der Waals surface area contributed by atoms with Gasteiger partial charge in [0.2, 0.25) is 0 Å². The van der Waals surface area contributed by atoms with Gasteiger partial charge < -0.3 is 5.32 Å². The predicted octanol–water partition coefficient (Wildman–Crippen LogP) is 4.29. The quantitative estimate of drug-likeness (QED) is 0.887. The number of hydrogen-bond donors (Lipinski definition) is 1. The zero-order valence-electron chi connectivity index (χ0n) is 12.9. The summed E-state index contributed by atoms with van der Waals surface area (Å²) >= 11 is 1.75. The van der Waals surface area contributed by atoms with Crippen LogP contribution < -0.4 is 5.32 Å². The Hall–Kier alpha value is -1.19. The van der Waals surface area contributed by atoms with Crippen LogP contribution in [0.3, 0.4) is 0 Å². The lowest BCUT2D eigenvalue weighted by Crippen LogP contribution is -2.15. The van der Waals surface area contributed by atoms with E-state index in [-0.39, 0.29) is 5.41 Å². The largest absolute Gasteiger partial charge is 0.306 e. The summed E-state index contributed by atoms with van der Waals surface area (Å²) in [5.41, 5.74) is 4.15. The van der Waals surface area contributed by atoms with Gasteiger partial charge in [-0.15, -0.1) is 11.3 Å². The maximum absolute atomic E-state index is 4.71. The normalized spacial score (nSPS) is 11.8. The summed E-state index contributed by atoms with van der Waals surface area (Å²) in [5.74, 6) is 0. The molecule has 20 heavy (non-hydrogen) atoms. The van der Waals surface area contributed by atoms with E-state index < -0.39 is 0 Å². The van der Waals surface area contributed by atoms with Crippen LogP contribution >= 0.6 is 11.3 Å². The zero-order valence-corrected chi connectivity index (χ0v) is 13.7. The number of benzene rings is 1. The summed E-state index contributed by atoms with van der Waals surface area (Å²) in [6.07, 6.45) is 1.09. The standard InChI is InChI=1S/C17H24N2S/c1-5-13-8-6-7-9-14(13)10-18-11-16-19-15(12-20-16)17(2,3)4/h6-9,12,18H,5,10-11H2,1-4H3. The summed E-state index contributed by atoms with van der Waals surface area (Å²) in [4.78, 5) is 4.71. The Bertz CT molecular complexity index is 552. The first-order valence-corrected chi connectivity index (χ1v) is 8.11. The first-order valence-electron chi connectivity index (χ1n) is 7.23. The molecule has 0 bridgehead atoms. The van der Waals surface area contributed by atoms with Crippen molar-refractivity contribution in [3.8, 4) is 0 Å². The molecule has 0 radical (unpaired) electrons. The van der Waals surface area contributed by atoms with Crippen LogP contribution in [0.2, 0.25) is 0 Å². The van der Waals surface area contributed by atoms with Crippen molar-refractivity contribution in [1.29, 1.82) is 0 Å². The molecule has 1 aromatic carbocycles. The van der Waals surface area contributed by atoms with Crippen LogP contribution in [0, 0.1) is 0 Å². The molecule has 2 nitrogen and oxygen atoms in total. The lowest BCUT2D eigenvalue weighted by atomic mass is 9.93. The van der Waals surface area contributed by atoms with Gasteiger partial charge in [0.25, 0.3) is 0 Å². The minimum absolute atomic E-state index is 0.142. The third kappa shape index (κ3) is 3.90. The molecule has 0 saturated heterocycles. The maximum Gasteiger partial charge on any atom is 0.107 e. The average Bonchev–Trinajstić information content (AvgIpc) is 2.88. The topological polar surface area (TPSA) is 24.9 Å². The molecule has 2 aromatic rings. The molecule has 1 aromatic heterocycles. The van der Waals surface area contributed by atoms with Crippen molar-refractivity contribution < 1.29 is 0 Å². The van der Waals surface area contributed by atoms with Crippen LogP contribution in [0.5, 0.6) is 0 Å². The molecule has 1 N–H and O–H groups in total. The van der Waals surface area contributed by atoms with Gasteiger partial charge in [-0.2, -0.15) is 0 Å². The number of nitrogens with zero attached hydrogens (tertiary/aromatic N) is 1. The molecule has 108 valence electrons. The van der Waals surface area contributed by atoms with Gasteiger partial charge in [-0.25, -0.2) is 4.98 Å². The molecule has 0 aliphatic carbocycles. The average molecular weight is 288 g/mol. The zero-order chi connectivity index (χ0) is 14.6. The summed E-state index contributed by atoms with van der Waals surface area (Å²) in [7, 11) is 0. The molecule has 2 rings (SSSR count). The first-order chi connectivity index (χ1) is 9.50. The highest BCUT2D eigenvalue weighted by Gasteiger charge is 2.17. The molecular formula is C17H24N2S. The van der Waals surface area contributed by atoms with Crippen LogP contribution in [0.1, 0.15) is 49.5 Å². The van der Waals surface area contributed by atoms with E-state index in [4.69, 9.17) is 4.98 Å². The van der Waals surface area contributed by atoms with E-state index in [0.29, 0.717) is 0 Å². The van der Waals surface area contributed by atoms with Crippen molar-refractivity contribution >= 4 is 11.3 Å². The van der Waals surface area contributed by atoms with Gasteiger partial charge in [-0.3, -0.25) is 0 Å². The van der Waals surface area contributed by atoms with Crippen LogP contribution in [-0.2, 0) is 24.9 Å². The highest BCUT2D eigenvalue weighted by atomic mass is 32.1. The smallest absolute Gasteiger partial charge is 0.107 e. The van der Waals surface area contributed by atoms with Crippen molar-refractivity contribution in [3.05, 3.63) is 51.5 Å². The molecule has 0 unspecified atom stereocenters. The highest BCUT2D eigenvalue weighted by molar-refractivity contribution is 7.09. The number of rotatable bonds is 5. The van der Waals surface area contributed by atoms with Gasteiger partial charge in [0.05, 0.1) is 5.69 Å². The second-order valence-corrected chi connectivity index (χ2v) is 7.04. The van der Waals surface area contributed by atoms with E-state index >= 15 is 0 Å². The number of nitrogens with one attached hydrogen (secondary N) is 1. The Morgan fingerprint density at radius 1 is 1.10 bits per heavy atom. The maximum atomic E-state index is 4.71. The van der Waals surface area contributed by atoms with E-state index in [0.717, 1.165) is 19.5 Å². The van der Waals surface area contributed by atoms with Crippen molar-refractivity contribution in [2.75, 3.05) is 0 Å². The van der Waals surface area contributed by atoms with Gasteiger partial charge in [0, 0.05) is 23.9 Å². The fourth-order valence-electron chi connectivity index (χ4n) is 2.12. The summed E-state index contributed by atoms with van der Waals surface area (Å²) < 4.78 is 0. The number of hydrogen-bond acceptors (Lipinski definition) is 3. The van der Waals surface area contributed by atoms with Gasteiger partial charge in [-0.05, 0) is 17.5 Å². The van der Waals surface area contributed by atoms with Crippen LogP contribution in [0.25, 0.3) is 0 Å². The number of aryl methyl sites for hydroxylation is 1. The summed E-state index contributed by atoms with van der Waals surface area (Å²) in [6, 6.07) is 8.63. The second-order valence-electron chi connectivity index (χ2n) is 6.10. The van der Waals surface area contributed by atoms with Crippen LogP contribution in [0.15, 0.2) is 29.6 Å². The van der Waals surface area contributed by atoms with Gasteiger partial charge >= 0.3 is 0 Å². The van der Waals surface area contributed by atoms with Crippen molar-refractivity contribution in [3.63, 3.8) is 0 Å². The molecule has 0 saturated carbocycles. The van der Waals surface area contributed by atoms with Gasteiger partial charge in [0.1, 0.15) is 5.01 Å². The Labute approximate surface area is 126 Å². The molecular weight excluding hydrogens is 264 g/mol. The van der Waals surface area contributed by atoms with Crippen LogP contribution in [0.4, 0.5) is 0 Å². The van der Waals surface area contributed by atoms with E-state index in [9.17, 15) is 0 Å². The minimum Gasteiger partial charge on any atom is -0.306 e. The van der Waals surface area contributed by atoms with E-state index in [1.807, 2.05) is 0 Å². The summed E-state index contributed by atoms with van der Waals surface area (Å²) in [6.45, 7) is 10.6. The number of thiazole rings is 1. The molecule has 0 fully saturated rings. The first kappa shape index (κ1) is 15.2. The molecule has 0 atom stereocenters. The van der Waals surface area contributed by atoms with E-state index in [1.54, 1.807) is 11.3 Å². The predicted molar refractivity (Wildman–Crippen MR) is 87.2 cm³/mol. The summed E-state index contributed by atoms with van der Waals surface area (Å²) in [5, 5.41) is 6.85. The SMILES string of the molecule is CCc1ccccc1CNCc1nc(C(C)(C)C)cs1. The second kappa shape index (κ2) is 6.51. The molecule has 1 heterocycles. The van der Waals surface area contributed by atoms with E-state index in [1.165, 1.54) is 21.8 Å². The molecule has 0 amide bonds.